The number of carbonyl (C=O) groups excluding carboxylic acids is 1. The van der Waals surface area contributed by atoms with Crippen LogP contribution in [0.2, 0.25) is 0 Å². The van der Waals surface area contributed by atoms with E-state index in [1.807, 2.05) is 4.98 Å². The Balaban J connectivity index is 0.950. The van der Waals surface area contributed by atoms with Crippen LogP contribution < -0.4 is 38.2 Å². The van der Waals surface area contributed by atoms with Crippen molar-refractivity contribution < 1.29 is 108 Å². The number of amides is 1. The quantitative estimate of drug-likeness (QED) is 0.0221. The Morgan fingerprint density at radius 2 is 1.47 bits per heavy atom. The van der Waals surface area contributed by atoms with Crippen molar-refractivity contribution in [1.29, 1.82) is 0 Å². The second kappa shape index (κ2) is 23.2. The highest BCUT2D eigenvalue weighted by molar-refractivity contribution is 7.66. The van der Waals surface area contributed by atoms with Crippen LogP contribution in [0.5, 0.6) is 0 Å². The van der Waals surface area contributed by atoms with E-state index in [9.17, 15) is 72.3 Å². The van der Waals surface area contributed by atoms with E-state index in [1.165, 1.54) is 27.1 Å². The molecule has 14 N–H and O–H groups in total. The van der Waals surface area contributed by atoms with Crippen molar-refractivity contribution in [2.75, 3.05) is 44.9 Å². The van der Waals surface area contributed by atoms with Crippen LogP contribution in [-0.4, -0.2) is 167 Å². The first kappa shape index (κ1) is 59.0. The zero-order valence-electron chi connectivity index (χ0n) is 40.6. The fraction of sp³-hybridized carbons (Fsp3) is 0.583. The molecule has 38 nitrogen and oxygen atoms in total. The fourth-order valence-corrected chi connectivity index (χ4v) is 13.2. The molecule has 3 aliphatic heterocycles. The van der Waals surface area contributed by atoms with Crippen LogP contribution in [0.25, 0.3) is 22.3 Å². The van der Waals surface area contributed by atoms with Gasteiger partial charge >= 0.3 is 42.6 Å². The van der Waals surface area contributed by atoms with Crippen molar-refractivity contribution in [2.24, 2.45) is 13.0 Å². The predicted molar refractivity (Wildman–Crippen MR) is 253 cm³/mol. The zero-order chi connectivity index (χ0) is 56.8. The van der Waals surface area contributed by atoms with E-state index in [0.29, 0.717) is 6.42 Å². The lowest BCUT2D eigenvalue weighted by Crippen LogP contribution is -2.45. The Bertz CT molecular complexity index is 3410. The maximum Gasteiger partial charge on any atom is 0.490 e. The smallest absolute Gasteiger partial charge is 0.387 e. The third kappa shape index (κ3) is 12.9. The number of aryl methyl sites for hydroxylation is 1. The number of aromatic nitrogens is 10. The van der Waals surface area contributed by atoms with Crippen molar-refractivity contribution in [3.05, 3.63) is 62.4 Å². The number of H-pyrrole nitrogens is 2. The van der Waals surface area contributed by atoms with Gasteiger partial charge in [0.25, 0.3) is 17.1 Å². The van der Waals surface area contributed by atoms with Gasteiger partial charge in [0.1, 0.15) is 54.6 Å². The Morgan fingerprint density at radius 1 is 0.821 bits per heavy atom. The topological polar surface area (TPSA) is 536 Å². The lowest BCUT2D eigenvalue weighted by Gasteiger charge is -2.26. The molecule has 430 valence electrons. The average Bonchev–Trinajstić information content (AvgIpc) is 4.37. The molecule has 0 radical (unpaired) electrons. The number of methoxy groups -OCH3 is 1. The summed E-state index contributed by atoms with van der Waals surface area (Å²) < 4.78 is 110. The molecule has 3 saturated heterocycles. The summed E-state index contributed by atoms with van der Waals surface area (Å²) in [6, 6.07) is 0.921. The molecule has 0 saturated carbocycles. The van der Waals surface area contributed by atoms with Crippen LogP contribution in [0.15, 0.2) is 45.6 Å². The summed E-state index contributed by atoms with van der Waals surface area (Å²) in [5.41, 5.74) is 9.16. The summed E-state index contributed by atoms with van der Waals surface area (Å²) >= 11 is 0. The van der Waals surface area contributed by atoms with Gasteiger partial charge < -0.3 is 70.6 Å². The van der Waals surface area contributed by atoms with E-state index in [1.54, 1.807) is 6.92 Å². The van der Waals surface area contributed by atoms with Crippen molar-refractivity contribution >= 4 is 71.3 Å². The Morgan fingerprint density at radius 3 is 2.14 bits per heavy atom. The number of nitrogens with two attached hydrogens (primary N) is 2. The van der Waals surface area contributed by atoms with Gasteiger partial charge in [-0.1, -0.05) is 11.9 Å². The van der Waals surface area contributed by atoms with Gasteiger partial charge in [-0.05, 0) is 6.42 Å². The zero-order valence-corrected chi connectivity index (χ0v) is 44.1. The van der Waals surface area contributed by atoms with Crippen LogP contribution in [0.3, 0.4) is 0 Å². The van der Waals surface area contributed by atoms with Crippen LogP contribution in [0, 0.1) is 5.92 Å². The molecule has 42 heteroatoms. The number of rotatable bonds is 23. The van der Waals surface area contributed by atoms with Gasteiger partial charge in [0, 0.05) is 38.3 Å². The summed E-state index contributed by atoms with van der Waals surface area (Å²) in [4.78, 5) is 113. The lowest BCUT2D eigenvalue weighted by molar-refractivity contribution is -0.745. The monoisotopic (exact) mass is 1190 g/mol. The second-order valence-electron chi connectivity index (χ2n) is 17.4. The molecular formula is C36H52N13O25P4+. The average molecular weight is 1190 g/mol. The number of aliphatic hydroxyl groups excluding tert-OH is 3. The largest absolute Gasteiger partial charge is 0.490 e. The third-order valence-electron chi connectivity index (χ3n) is 12.1. The van der Waals surface area contributed by atoms with Gasteiger partial charge in [0.05, 0.1) is 39.3 Å². The molecule has 1 amide bonds. The van der Waals surface area contributed by atoms with Crippen molar-refractivity contribution in [3.8, 4) is 0 Å². The van der Waals surface area contributed by atoms with E-state index in [4.69, 9.17) is 48.5 Å². The molecule has 0 aromatic carbocycles. The molecule has 3 aliphatic rings. The molecule has 16 atom stereocenters. The maximum absolute atomic E-state index is 13.6. The van der Waals surface area contributed by atoms with Gasteiger partial charge in [-0.25, -0.2) is 42.6 Å². The second-order valence-corrected chi connectivity index (χ2v) is 23.5. The van der Waals surface area contributed by atoms with Crippen molar-refractivity contribution in [3.63, 3.8) is 0 Å². The summed E-state index contributed by atoms with van der Waals surface area (Å²) in [6.45, 7) is -1.35. The van der Waals surface area contributed by atoms with Crippen LogP contribution in [0.1, 0.15) is 38.4 Å². The van der Waals surface area contributed by atoms with E-state index in [0.717, 1.165) is 36.6 Å². The van der Waals surface area contributed by atoms with Gasteiger partial charge in [0.15, 0.2) is 30.2 Å². The molecule has 0 aliphatic carbocycles. The minimum Gasteiger partial charge on any atom is -0.387 e. The maximum atomic E-state index is 13.6. The molecule has 8 rings (SSSR count). The SMILES string of the molecule is CCCNC(=O)C[C@H]1[C@@H](O)[C@H]([n+]2cn(C)c3c(=O)[nH]c(N)nc32)O[C@@H]1COP(=O)(O)OP(=O)(O)OP(=O)(O)OC[C@H]1O[C@@H](n2cnc3c(N)ncnc32)[C@H](OC)[C@@H]1OP(=O)(O)OC[C@H]1O[C@@H](n2ccc(=O)[nH]c2=O)[C@H](O)[C@@H]1O. The number of imidazole rings is 2. The normalized spacial score (nSPS) is 29.6. The number of fused-ring (bicyclic) bond motifs is 2. The number of anilines is 2. The third-order valence-corrected chi connectivity index (χ3v) is 17.4. The number of phosphoric ester groups is 3. The van der Waals surface area contributed by atoms with Gasteiger partial charge in [-0.3, -0.25) is 56.1 Å². The first-order chi connectivity index (χ1) is 36.6. The highest BCUT2D eigenvalue weighted by Crippen LogP contribution is 2.68. The summed E-state index contributed by atoms with van der Waals surface area (Å²) in [5.74, 6) is -2.24. The molecule has 8 heterocycles. The number of phosphoric acid groups is 4. The first-order valence-electron chi connectivity index (χ1n) is 22.8. The number of carbonyl (C=O) groups is 1. The number of ether oxygens (including phenoxy) is 4. The van der Waals surface area contributed by atoms with Crippen LogP contribution >= 0.6 is 31.3 Å². The molecule has 5 aromatic heterocycles. The molecular weight excluding hydrogens is 1140 g/mol. The Hall–Kier alpha value is -5.11. The number of hydrogen-bond acceptors (Lipinski definition) is 27. The number of nitrogen functional groups attached to an aromatic ring is 2. The highest BCUT2D eigenvalue weighted by atomic mass is 31.3. The predicted octanol–water partition coefficient (Wildman–Crippen LogP) is -3.70. The summed E-state index contributed by atoms with van der Waals surface area (Å²) in [6.07, 6.45) is -13.8. The number of nitrogens with one attached hydrogen (secondary N) is 3. The number of aromatic amines is 2. The first-order valence-corrected chi connectivity index (χ1v) is 28.8. The lowest BCUT2D eigenvalue weighted by atomic mass is 9.94. The van der Waals surface area contributed by atoms with E-state index in [2.05, 4.69) is 38.9 Å². The molecule has 4 unspecified atom stereocenters. The molecule has 0 bridgehead atoms. The standard InChI is InChI=1S/C36H51N13O25P4/c1-4-6-39-20(51)8-15-16(69-32(23(15)52)49-14-46(2)22-30(49)44-35(38)45-31(22)55)9-67-76(59,60)73-78(63,64)74-77(61,62)68-11-18-26(27(65-3)34(71-18)48-13-42-21-28(37)40-12-41-29(21)48)72-75(57,58)66-10-17-24(53)25(54)33(70-17)47-7-5-19(50)43-36(47)56/h5,7,12-18,23-27,32-34,52-54H,4,6,8-11H2,1-3H3,(H10-,37,38,39,40,41,43,44,45,50,51,55,56,57,58,59,60,61,62,63,64)/p+1/t15-,16-,17-,18-,23-,24-,25-,26-,27-,32-,33-,34-/m1/s1. The van der Waals surface area contributed by atoms with Crippen LogP contribution in [0.4, 0.5) is 11.8 Å². The molecule has 3 fully saturated rings. The minimum absolute atomic E-state index is 0.00143. The van der Waals surface area contributed by atoms with E-state index in [-0.39, 0.29) is 40.6 Å². The molecule has 78 heavy (non-hydrogen) atoms. The Kier molecular flexibility index (Phi) is 17.5. The van der Waals surface area contributed by atoms with E-state index >= 15 is 0 Å². The van der Waals surface area contributed by atoms with Crippen molar-refractivity contribution in [2.45, 2.75) is 87.3 Å². The van der Waals surface area contributed by atoms with Gasteiger partial charge in [-0.15, -0.1) is 0 Å². The number of hydrogen-bond donors (Lipinski definition) is 12. The minimum atomic E-state index is -6.24. The van der Waals surface area contributed by atoms with Gasteiger partial charge in [0.2, 0.25) is 17.7 Å². The highest BCUT2D eigenvalue weighted by Gasteiger charge is 2.54. The Labute approximate surface area is 435 Å². The summed E-state index contributed by atoms with van der Waals surface area (Å²) in [7, 11) is -21.0. The number of aliphatic hydroxyl groups is 3. The molecule has 5 aromatic rings. The van der Waals surface area contributed by atoms with Crippen LogP contribution in [-0.2, 0) is 75.8 Å². The molecule has 0 spiro atoms. The van der Waals surface area contributed by atoms with Gasteiger partial charge in [-0.2, -0.15) is 8.62 Å². The number of nitrogens with zero attached hydrogens (tertiary/aromatic N) is 8. The van der Waals surface area contributed by atoms with Crippen molar-refractivity contribution in [1.82, 2.24) is 48.9 Å². The summed E-state index contributed by atoms with van der Waals surface area (Å²) in [5, 5.41) is 35.4. The fourth-order valence-electron chi connectivity index (χ4n) is 8.68. The van der Waals surface area contributed by atoms with E-state index < -0.39 is 154 Å².